The van der Waals surface area contributed by atoms with Gasteiger partial charge in [-0.3, -0.25) is 9.59 Å². The first-order valence-electron chi connectivity index (χ1n) is 8.79. The van der Waals surface area contributed by atoms with Crippen LogP contribution in [-0.2, 0) is 16.7 Å². The molecular weight excluding hydrogens is 403 g/mol. The van der Waals surface area contributed by atoms with E-state index in [0.29, 0.717) is 17.7 Å². The summed E-state index contributed by atoms with van der Waals surface area (Å²) in [5, 5.41) is 6.41. The predicted octanol–water partition coefficient (Wildman–Crippen LogP) is 5.03. The van der Waals surface area contributed by atoms with Crippen molar-refractivity contribution < 1.29 is 22.8 Å². The number of hydrogen-bond donors (Lipinski definition) is 2. The highest BCUT2D eigenvalue weighted by Gasteiger charge is 2.30. The van der Waals surface area contributed by atoms with E-state index in [1.54, 1.807) is 30.3 Å². The molecular formula is C20H18F3N3O2S. The van der Waals surface area contributed by atoms with Gasteiger partial charge in [-0.2, -0.15) is 18.3 Å². The molecule has 0 aliphatic carbocycles. The lowest BCUT2D eigenvalue weighted by Crippen LogP contribution is -2.31. The van der Waals surface area contributed by atoms with Crippen LogP contribution in [0.5, 0.6) is 0 Å². The highest BCUT2D eigenvalue weighted by molar-refractivity contribution is 8.13. The molecule has 0 saturated heterocycles. The SMILES string of the molecule is CC1CC(=O)NN=C1c1ccc(NC(=O)SCc2cccc(C(F)(F)F)c2)cc1. The van der Waals surface area contributed by atoms with Crippen LogP contribution in [0.1, 0.15) is 30.0 Å². The maximum Gasteiger partial charge on any atom is 0.416 e. The van der Waals surface area contributed by atoms with E-state index in [-0.39, 0.29) is 22.8 Å². The Balaban J connectivity index is 1.57. The average Bonchev–Trinajstić information content (AvgIpc) is 2.67. The molecule has 0 fully saturated rings. The molecule has 0 bridgehead atoms. The molecule has 1 heterocycles. The topological polar surface area (TPSA) is 70.6 Å². The predicted molar refractivity (Wildman–Crippen MR) is 107 cm³/mol. The van der Waals surface area contributed by atoms with Crippen LogP contribution in [0.4, 0.5) is 23.7 Å². The average molecular weight is 421 g/mol. The van der Waals surface area contributed by atoms with Gasteiger partial charge in [0.25, 0.3) is 5.24 Å². The van der Waals surface area contributed by atoms with Gasteiger partial charge >= 0.3 is 6.18 Å². The number of benzene rings is 2. The Bertz CT molecular complexity index is 943. The summed E-state index contributed by atoms with van der Waals surface area (Å²) in [5.74, 6) is -0.00266. The van der Waals surface area contributed by atoms with Crippen LogP contribution in [0.3, 0.4) is 0 Å². The minimum Gasteiger partial charge on any atom is -0.317 e. The van der Waals surface area contributed by atoms with Gasteiger partial charge in [-0.1, -0.05) is 49.0 Å². The minimum atomic E-state index is -4.41. The van der Waals surface area contributed by atoms with Crippen molar-refractivity contribution in [2.75, 3.05) is 5.32 Å². The summed E-state index contributed by atoms with van der Waals surface area (Å²) in [6, 6.07) is 11.9. The van der Waals surface area contributed by atoms with Gasteiger partial charge in [-0.25, -0.2) is 5.43 Å². The first kappa shape index (κ1) is 20.9. The maximum absolute atomic E-state index is 12.7. The Hall–Kier alpha value is -2.81. The Morgan fingerprint density at radius 2 is 1.97 bits per heavy atom. The number of amides is 2. The van der Waals surface area contributed by atoms with Crippen LogP contribution in [0.15, 0.2) is 53.6 Å². The summed E-state index contributed by atoms with van der Waals surface area (Å²) < 4.78 is 38.2. The highest BCUT2D eigenvalue weighted by Crippen LogP contribution is 2.30. The van der Waals surface area contributed by atoms with Crippen molar-refractivity contribution >= 4 is 34.3 Å². The van der Waals surface area contributed by atoms with E-state index in [1.165, 1.54) is 6.07 Å². The lowest BCUT2D eigenvalue weighted by Gasteiger charge is -2.19. The van der Waals surface area contributed by atoms with E-state index in [1.807, 2.05) is 6.92 Å². The first-order valence-corrected chi connectivity index (χ1v) is 9.77. The number of nitrogens with one attached hydrogen (secondary N) is 2. The van der Waals surface area contributed by atoms with Crippen LogP contribution >= 0.6 is 11.8 Å². The summed E-state index contributed by atoms with van der Waals surface area (Å²) in [7, 11) is 0. The van der Waals surface area contributed by atoms with Crippen LogP contribution in [0.25, 0.3) is 0 Å². The second-order valence-electron chi connectivity index (χ2n) is 6.61. The number of carbonyl (C=O) groups excluding carboxylic acids is 2. The van der Waals surface area contributed by atoms with Crippen molar-refractivity contribution in [1.82, 2.24) is 5.43 Å². The molecule has 2 aromatic carbocycles. The Labute approximate surface area is 169 Å². The standard InChI is InChI=1S/C20H18F3N3O2S/c1-12-9-17(27)25-26-18(12)14-5-7-16(8-6-14)24-19(28)29-11-13-3-2-4-15(10-13)20(21,22)23/h2-8,10,12H,9,11H2,1H3,(H,24,28)(H,25,27). The largest absolute Gasteiger partial charge is 0.416 e. The molecule has 0 spiro atoms. The van der Waals surface area contributed by atoms with Gasteiger partial charge in [0.15, 0.2) is 0 Å². The fourth-order valence-corrected chi connectivity index (χ4v) is 3.53. The van der Waals surface area contributed by atoms with Crippen molar-refractivity contribution in [2.24, 2.45) is 11.0 Å². The molecule has 2 N–H and O–H groups in total. The number of hydrogen-bond acceptors (Lipinski definition) is 4. The van der Waals surface area contributed by atoms with Crippen LogP contribution in [-0.4, -0.2) is 16.9 Å². The molecule has 9 heteroatoms. The fraction of sp³-hybridized carbons (Fsp3) is 0.250. The van der Waals surface area contributed by atoms with Crippen LogP contribution in [0, 0.1) is 5.92 Å². The number of alkyl halides is 3. The number of anilines is 1. The van der Waals surface area contributed by atoms with Gasteiger partial charge in [0, 0.05) is 23.8 Å². The van der Waals surface area contributed by atoms with Crippen LogP contribution in [0.2, 0.25) is 0 Å². The van der Waals surface area contributed by atoms with Crippen molar-refractivity contribution in [3.63, 3.8) is 0 Å². The summed E-state index contributed by atoms with van der Waals surface area (Å²) in [6.07, 6.45) is -4.04. The number of thioether (sulfide) groups is 1. The van der Waals surface area contributed by atoms with Crippen LogP contribution < -0.4 is 10.7 Å². The first-order chi connectivity index (χ1) is 13.7. The lowest BCUT2D eigenvalue weighted by molar-refractivity contribution is -0.137. The molecule has 29 heavy (non-hydrogen) atoms. The van der Waals surface area contributed by atoms with E-state index in [0.717, 1.165) is 35.2 Å². The molecule has 1 aliphatic rings. The molecule has 2 amide bonds. The van der Waals surface area contributed by atoms with Gasteiger partial charge in [-0.15, -0.1) is 0 Å². The van der Waals surface area contributed by atoms with E-state index in [4.69, 9.17) is 0 Å². The molecule has 0 radical (unpaired) electrons. The fourth-order valence-electron chi connectivity index (χ4n) is 2.87. The van der Waals surface area contributed by atoms with Crippen molar-refractivity contribution in [3.8, 4) is 0 Å². The molecule has 2 aromatic rings. The van der Waals surface area contributed by atoms with Gasteiger partial charge in [-0.05, 0) is 29.3 Å². The summed E-state index contributed by atoms with van der Waals surface area (Å²) in [5.41, 5.74) is 4.31. The molecule has 1 unspecified atom stereocenters. The third kappa shape index (κ3) is 5.60. The number of carbonyl (C=O) groups is 2. The van der Waals surface area contributed by atoms with E-state index >= 15 is 0 Å². The lowest BCUT2D eigenvalue weighted by atomic mass is 9.94. The van der Waals surface area contributed by atoms with E-state index in [2.05, 4.69) is 15.8 Å². The summed E-state index contributed by atoms with van der Waals surface area (Å²) in [4.78, 5) is 23.4. The monoisotopic (exact) mass is 421 g/mol. The Morgan fingerprint density at radius 1 is 1.24 bits per heavy atom. The van der Waals surface area contributed by atoms with Gasteiger partial charge in [0.1, 0.15) is 0 Å². The van der Waals surface area contributed by atoms with Crippen molar-refractivity contribution in [3.05, 3.63) is 65.2 Å². The summed E-state index contributed by atoms with van der Waals surface area (Å²) in [6.45, 7) is 1.91. The number of nitrogens with zero attached hydrogens (tertiary/aromatic N) is 1. The number of hydrazone groups is 1. The quantitative estimate of drug-likeness (QED) is 0.727. The Kier molecular flexibility index (Phi) is 6.26. The van der Waals surface area contributed by atoms with Crippen molar-refractivity contribution in [1.29, 1.82) is 0 Å². The third-order valence-corrected chi connectivity index (χ3v) is 5.15. The molecule has 152 valence electrons. The second-order valence-corrected chi connectivity index (χ2v) is 7.56. The van der Waals surface area contributed by atoms with Gasteiger partial charge in [0.05, 0.1) is 11.3 Å². The smallest absolute Gasteiger partial charge is 0.317 e. The number of rotatable bonds is 4. The second kappa shape index (κ2) is 8.69. The van der Waals surface area contributed by atoms with E-state index < -0.39 is 11.7 Å². The molecule has 0 saturated carbocycles. The van der Waals surface area contributed by atoms with Crippen molar-refractivity contribution in [2.45, 2.75) is 25.3 Å². The zero-order valence-corrected chi connectivity index (χ0v) is 16.2. The Morgan fingerprint density at radius 3 is 2.62 bits per heavy atom. The summed E-state index contributed by atoms with van der Waals surface area (Å²) >= 11 is 0.888. The zero-order valence-electron chi connectivity index (χ0n) is 15.4. The molecule has 1 aliphatic heterocycles. The van der Waals surface area contributed by atoms with Gasteiger partial charge < -0.3 is 5.32 Å². The normalized spacial score (nSPS) is 16.8. The maximum atomic E-state index is 12.7. The molecule has 5 nitrogen and oxygen atoms in total. The molecule has 1 atom stereocenters. The minimum absolute atomic E-state index is 0.00721. The van der Waals surface area contributed by atoms with Gasteiger partial charge in [0.2, 0.25) is 5.91 Å². The molecule has 0 aromatic heterocycles. The molecule has 3 rings (SSSR count). The highest BCUT2D eigenvalue weighted by atomic mass is 32.2. The third-order valence-electron chi connectivity index (χ3n) is 4.31. The zero-order chi connectivity index (χ0) is 21.0. The number of halogens is 3. The van der Waals surface area contributed by atoms with E-state index in [9.17, 15) is 22.8 Å².